The number of aliphatic carboxylic acids is 1. The first-order valence-corrected chi connectivity index (χ1v) is 15.3. The highest BCUT2D eigenvalue weighted by Gasteiger charge is 2.35. The van der Waals surface area contributed by atoms with Crippen LogP contribution in [0, 0.1) is 11.8 Å². The van der Waals surface area contributed by atoms with E-state index in [-0.39, 0.29) is 43.0 Å². The zero-order valence-electron chi connectivity index (χ0n) is 22.4. The highest BCUT2D eigenvalue weighted by Crippen LogP contribution is 2.44. The number of aryl methyl sites for hydroxylation is 1. The van der Waals surface area contributed by atoms with Gasteiger partial charge in [0.05, 0.1) is 11.1 Å². The molecule has 0 spiro atoms. The molecule has 210 valence electrons. The third-order valence-corrected chi connectivity index (χ3v) is 8.87. The Balaban J connectivity index is 1.59. The van der Waals surface area contributed by atoms with Crippen molar-refractivity contribution in [3.63, 3.8) is 0 Å². The molecule has 1 aliphatic rings. The number of carboxylic acid groups (broad SMARTS) is 1. The maximum absolute atomic E-state index is 13.2. The fourth-order valence-electron chi connectivity index (χ4n) is 4.78. The number of fused-ring (bicyclic) bond motifs is 1. The van der Waals surface area contributed by atoms with E-state index in [0.717, 1.165) is 10.5 Å². The van der Waals surface area contributed by atoms with E-state index in [0.29, 0.717) is 36.8 Å². The molecule has 0 bridgehead atoms. The number of imide groups is 1. The Labute approximate surface area is 229 Å². The van der Waals surface area contributed by atoms with Crippen molar-refractivity contribution < 1.29 is 33.7 Å². The van der Waals surface area contributed by atoms with Crippen LogP contribution < -0.4 is 5.32 Å². The van der Waals surface area contributed by atoms with Crippen LogP contribution >= 0.6 is 7.37 Å². The molecule has 0 aromatic heterocycles. The SMILES string of the molecule is CC(C)C[C@H](NC(=O)C(CCc1ccccc1)CP(=O)(O)CCCCN1C(=O)c2ccccc2C1=O)C(=O)O. The fourth-order valence-corrected chi connectivity index (χ4v) is 6.72. The minimum Gasteiger partial charge on any atom is -0.480 e. The van der Waals surface area contributed by atoms with E-state index in [9.17, 15) is 33.7 Å². The van der Waals surface area contributed by atoms with Crippen LogP contribution in [0.4, 0.5) is 0 Å². The highest BCUT2D eigenvalue weighted by molar-refractivity contribution is 7.58. The molecule has 3 atom stereocenters. The number of nitrogens with one attached hydrogen (secondary N) is 1. The first-order chi connectivity index (χ1) is 18.5. The lowest BCUT2D eigenvalue weighted by Crippen LogP contribution is -2.45. The molecule has 3 rings (SSSR count). The number of carbonyl (C=O) groups is 4. The molecule has 9 nitrogen and oxygen atoms in total. The second-order valence-corrected chi connectivity index (χ2v) is 13.0. The largest absolute Gasteiger partial charge is 0.480 e. The van der Waals surface area contributed by atoms with Crippen LogP contribution in [-0.4, -0.2) is 63.5 Å². The number of benzene rings is 2. The van der Waals surface area contributed by atoms with Crippen molar-refractivity contribution in [2.24, 2.45) is 11.8 Å². The van der Waals surface area contributed by atoms with E-state index >= 15 is 0 Å². The van der Waals surface area contributed by atoms with Crippen LogP contribution in [0.1, 0.15) is 65.8 Å². The Morgan fingerprint density at radius 3 is 2.10 bits per heavy atom. The van der Waals surface area contributed by atoms with E-state index in [4.69, 9.17) is 0 Å². The van der Waals surface area contributed by atoms with Crippen LogP contribution in [0.3, 0.4) is 0 Å². The molecule has 0 saturated heterocycles. The lowest BCUT2D eigenvalue weighted by Gasteiger charge is -2.23. The van der Waals surface area contributed by atoms with Crippen molar-refractivity contribution >= 4 is 31.1 Å². The summed E-state index contributed by atoms with van der Waals surface area (Å²) in [4.78, 5) is 61.8. The summed E-state index contributed by atoms with van der Waals surface area (Å²) in [5.41, 5.74) is 1.69. The molecule has 3 N–H and O–H groups in total. The Morgan fingerprint density at radius 1 is 0.949 bits per heavy atom. The lowest BCUT2D eigenvalue weighted by atomic mass is 9.98. The van der Waals surface area contributed by atoms with Gasteiger partial charge in [-0.3, -0.25) is 23.8 Å². The summed E-state index contributed by atoms with van der Waals surface area (Å²) in [7, 11) is -3.77. The quantitative estimate of drug-likeness (QED) is 0.170. The van der Waals surface area contributed by atoms with E-state index in [2.05, 4.69) is 5.32 Å². The van der Waals surface area contributed by atoms with Crippen LogP contribution in [-0.2, 0) is 20.6 Å². The number of rotatable bonds is 15. The zero-order chi connectivity index (χ0) is 28.6. The molecular weight excluding hydrogens is 519 g/mol. The molecule has 2 unspecified atom stereocenters. The van der Waals surface area contributed by atoms with Crippen molar-refractivity contribution in [3.05, 3.63) is 71.3 Å². The average molecular weight is 557 g/mol. The molecule has 1 heterocycles. The van der Waals surface area contributed by atoms with E-state index < -0.39 is 31.2 Å². The number of amides is 3. The van der Waals surface area contributed by atoms with Gasteiger partial charge in [0.1, 0.15) is 6.04 Å². The summed E-state index contributed by atoms with van der Waals surface area (Å²) in [5.74, 6) is -3.21. The van der Waals surface area contributed by atoms with Gasteiger partial charge in [0.25, 0.3) is 11.8 Å². The maximum atomic E-state index is 13.2. The molecule has 2 aromatic rings. The summed E-state index contributed by atoms with van der Waals surface area (Å²) in [5, 5.41) is 12.1. The second-order valence-electron chi connectivity index (χ2n) is 10.5. The molecule has 39 heavy (non-hydrogen) atoms. The maximum Gasteiger partial charge on any atom is 0.326 e. The summed E-state index contributed by atoms with van der Waals surface area (Å²) < 4.78 is 13.2. The van der Waals surface area contributed by atoms with Gasteiger partial charge in [-0.25, -0.2) is 4.79 Å². The van der Waals surface area contributed by atoms with Crippen LogP contribution in [0.5, 0.6) is 0 Å². The number of unbranched alkanes of at least 4 members (excludes halogenated alkanes) is 1. The molecule has 2 aromatic carbocycles. The van der Waals surface area contributed by atoms with Crippen molar-refractivity contribution in [1.29, 1.82) is 0 Å². The number of nitrogens with zero attached hydrogens (tertiary/aromatic N) is 1. The smallest absolute Gasteiger partial charge is 0.326 e. The molecule has 0 fully saturated rings. The van der Waals surface area contributed by atoms with Crippen molar-refractivity contribution in [2.75, 3.05) is 18.9 Å². The molecule has 1 aliphatic heterocycles. The summed E-state index contributed by atoms with van der Waals surface area (Å²) in [6.45, 7) is 3.86. The minimum absolute atomic E-state index is 0.0419. The van der Waals surface area contributed by atoms with Gasteiger partial charge >= 0.3 is 5.97 Å². The first-order valence-electron chi connectivity index (χ1n) is 13.3. The molecule has 0 saturated carbocycles. The van der Waals surface area contributed by atoms with Crippen molar-refractivity contribution in [2.45, 2.75) is 52.0 Å². The first kappa shape index (κ1) is 30.3. The summed E-state index contributed by atoms with van der Waals surface area (Å²) >= 11 is 0. The van der Waals surface area contributed by atoms with Gasteiger partial charge in [0.15, 0.2) is 0 Å². The monoisotopic (exact) mass is 556 g/mol. The normalized spacial score (nSPS) is 16.1. The van der Waals surface area contributed by atoms with Crippen molar-refractivity contribution in [1.82, 2.24) is 10.2 Å². The zero-order valence-corrected chi connectivity index (χ0v) is 23.3. The molecule has 10 heteroatoms. The molecule has 0 aliphatic carbocycles. The van der Waals surface area contributed by atoms with Gasteiger partial charge < -0.3 is 15.3 Å². The third-order valence-electron chi connectivity index (χ3n) is 6.84. The Morgan fingerprint density at radius 2 is 1.54 bits per heavy atom. The fraction of sp³-hybridized carbons (Fsp3) is 0.448. The average Bonchev–Trinajstić information content (AvgIpc) is 3.13. The standard InChI is InChI=1S/C29H37N2O7P/c1-20(2)18-25(29(35)36)30-26(32)22(15-14-21-10-4-3-5-11-21)19-39(37,38)17-9-8-16-31-27(33)23-12-6-7-13-24(23)28(31)34/h3-7,10-13,20,22,25H,8-9,14-19H2,1-2H3,(H,30,32)(H,35,36)(H,37,38)/t22?,25-/m0/s1. The number of carbonyl (C=O) groups excluding carboxylic acids is 3. The van der Waals surface area contributed by atoms with Gasteiger partial charge in [-0.05, 0) is 55.7 Å². The van der Waals surface area contributed by atoms with Crippen LogP contribution in [0.25, 0.3) is 0 Å². The van der Waals surface area contributed by atoms with Gasteiger partial charge in [0.2, 0.25) is 13.3 Å². The van der Waals surface area contributed by atoms with E-state index in [1.54, 1.807) is 24.3 Å². The van der Waals surface area contributed by atoms with Gasteiger partial charge in [-0.1, -0.05) is 56.3 Å². The second kappa shape index (κ2) is 13.7. The summed E-state index contributed by atoms with van der Waals surface area (Å²) in [6, 6.07) is 15.0. The van der Waals surface area contributed by atoms with Gasteiger partial charge in [-0.15, -0.1) is 0 Å². The predicted molar refractivity (Wildman–Crippen MR) is 148 cm³/mol. The third kappa shape index (κ3) is 8.60. The van der Waals surface area contributed by atoms with Gasteiger partial charge in [-0.2, -0.15) is 0 Å². The molecule has 3 amide bonds. The Kier molecular flexibility index (Phi) is 10.6. The lowest BCUT2D eigenvalue weighted by molar-refractivity contribution is -0.142. The molecular formula is C29H37N2O7P. The van der Waals surface area contributed by atoms with Crippen LogP contribution in [0.2, 0.25) is 0 Å². The number of hydrogen-bond donors (Lipinski definition) is 3. The Bertz CT molecular complexity index is 1200. The van der Waals surface area contributed by atoms with E-state index in [1.165, 1.54) is 0 Å². The van der Waals surface area contributed by atoms with E-state index in [1.807, 2.05) is 44.2 Å². The van der Waals surface area contributed by atoms with Gasteiger partial charge in [0, 0.05) is 24.8 Å². The number of carboxylic acids is 1. The van der Waals surface area contributed by atoms with Crippen LogP contribution in [0.15, 0.2) is 54.6 Å². The Hall–Kier alpha value is -3.29. The topological polar surface area (TPSA) is 141 Å². The number of hydrogen-bond acceptors (Lipinski definition) is 5. The molecule has 0 radical (unpaired) electrons. The predicted octanol–water partition coefficient (Wildman–Crippen LogP) is 4.20. The highest BCUT2D eigenvalue weighted by atomic mass is 31.2. The van der Waals surface area contributed by atoms with Crippen molar-refractivity contribution in [3.8, 4) is 0 Å². The minimum atomic E-state index is -3.77. The summed E-state index contributed by atoms with van der Waals surface area (Å²) in [6.07, 6.45) is 1.35.